The lowest BCUT2D eigenvalue weighted by molar-refractivity contribution is 0.0527. The first-order valence-corrected chi connectivity index (χ1v) is 10.3. The van der Waals surface area contributed by atoms with Gasteiger partial charge in [0, 0.05) is 36.7 Å². The Bertz CT molecular complexity index is 1140. The Balaban J connectivity index is 1.92. The van der Waals surface area contributed by atoms with Gasteiger partial charge in [-0.2, -0.15) is 10.2 Å². The second-order valence-corrected chi connectivity index (χ2v) is 6.97. The molecule has 4 rings (SSSR count). The monoisotopic (exact) mass is 430 g/mol. The molecule has 32 heavy (non-hydrogen) atoms. The van der Waals surface area contributed by atoms with E-state index in [4.69, 9.17) is 14.5 Å². The Kier molecular flexibility index (Phi) is 6.53. The van der Waals surface area contributed by atoms with E-state index in [1.807, 2.05) is 11.0 Å². The smallest absolute Gasteiger partial charge is 0.344 e. The Morgan fingerprint density at radius 2 is 2.00 bits per heavy atom. The van der Waals surface area contributed by atoms with E-state index in [9.17, 15) is 10.1 Å². The van der Waals surface area contributed by atoms with Crippen LogP contribution in [0.2, 0.25) is 0 Å². The zero-order chi connectivity index (χ0) is 22.3. The second-order valence-electron chi connectivity index (χ2n) is 6.97. The van der Waals surface area contributed by atoms with Gasteiger partial charge in [-0.15, -0.1) is 0 Å². The zero-order valence-corrected chi connectivity index (χ0v) is 17.6. The van der Waals surface area contributed by atoms with Crippen LogP contribution in [0.1, 0.15) is 22.8 Å². The van der Waals surface area contributed by atoms with Crippen LogP contribution in [0.15, 0.2) is 48.8 Å². The number of hydrogen-bond acceptors (Lipinski definition) is 9. The van der Waals surface area contributed by atoms with Crippen molar-refractivity contribution >= 4 is 23.4 Å². The third kappa shape index (κ3) is 4.66. The summed E-state index contributed by atoms with van der Waals surface area (Å²) in [5.41, 5.74) is 2.41. The van der Waals surface area contributed by atoms with Crippen molar-refractivity contribution < 1.29 is 14.3 Å². The van der Waals surface area contributed by atoms with E-state index in [2.05, 4.69) is 21.4 Å². The number of pyridine rings is 1. The van der Waals surface area contributed by atoms with Gasteiger partial charge in [-0.05, 0) is 31.2 Å². The van der Waals surface area contributed by atoms with Gasteiger partial charge in [-0.1, -0.05) is 12.1 Å². The average molecular weight is 430 g/mol. The van der Waals surface area contributed by atoms with Gasteiger partial charge in [-0.25, -0.2) is 9.78 Å². The largest absolute Gasteiger partial charge is 0.462 e. The third-order valence-corrected chi connectivity index (χ3v) is 4.88. The molecule has 1 N–H and O–H groups in total. The fourth-order valence-corrected chi connectivity index (χ4v) is 3.36. The van der Waals surface area contributed by atoms with Crippen molar-refractivity contribution in [1.29, 1.82) is 5.26 Å². The minimum atomic E-state index is -0.546. The normalized spacial score (nSPS) is 13.3. The number of hydrogen-bond donors (Lipinski definition) is 1. The standard InChI is InChI=1S/C23H22N6O3/c1-2-32-22(30)19-20(17-5-3-4-16(14-17)15-24)27-23(29-10-12-31-13-11-29)28-21(19)26-18-6-8-25-9-7-18/h3-9,14H,2,10-13H2,1H3,(H,25,26,27,28). The summed E-state index contributed by atoms with van der Waals surface area (Å²) in [7, 11) is 0. The van der Waals surface area contributed by atoms with Crippen molar-refractivity contribution in [2.45, 2.75) is 6.92 Å². The molecule has 1 aliphatic heterocycles. The quantitative estimate of drug-likeness (QED) is 0.589. The molecule has 3 aromatic rings. The molecular weight excluding hydrogens is 408 g/mol. The summed E-state index contributed by atoms with van der Waals surface area (Å²) in [4.78, 5) is 28.5. The van der Waals surface area contributed by atoms with Crippen LogP contribution in [-0.2, 0) is 9.47 Å². The highest BCUT2D eigenvalue weighted by Gasteiger charge is 2.26. The number of esters is 1. The van der Waals surface area contributed by atoms with Gasteiger partial charge >= 0.3 is 5.97 Å². The Morgan fingerprint density at radius 1 is 1.22 bits per heavy atom. The van der Waals surface area contributed by atoms with Gasteiger partial charge < -0.3 is 19.7 Å². The number of nitrogens with zero attached hydrogens (tertiary/aromatic N) is 5. The number of carbonyl (C=O) groups excluding carboxylic acids is 1. The lowest BCUT2D eigenvalue weighted by Gasteiger charge is -2.28. The molecule has 0 aliphatic carbocycles. The average Bonchev–Trinajstić information content (AvgIpc) is 2.85. The highest BCUT2D eigenvalue weighted by Crippen LogP contribution is 2.32. The van der Waals surface area contributed by atoms with Crippen molar-refractivity contribution in [3.05, 3.63) is 59.9 Å². The number of ether oxygens (including phenoxy) is 2. The summed E-state index contributed by atoms with van der Waals surface area (Å²) in [5, 5.41) is 12.6. The van der Waals surface area contributed by atoms with Gasteiger partial charge in [0.25, 0.3) is 0 Å². The SMILES string of the molecule is CCOC(=O)c1c(Nc2ccncc2)nc(N2CCOCC2)nc1-c1cccc(C#N)c1. The van der Waals surface area contributed by atoms with Crippen molar-refractivity contribution in [2.75, 3.05) is 43.1 Å². The van der Waals surface area contributed by atoms with E-state index in [1.54, 1.807) is 49.6 Å². The minimum absolute atomic E-state index is 0.204. The van der Waals surface area contributed by atoms with Gasteiger partial charge in [0.15, 0.2) is 5.82 Å². The highest BCUT2D eigenvalue weighted by atomic mass is 16.5. The number of benzene rings is 1. The van der Waals surface area contributed by atoms with E-state index in [0.717, 1.165) is 0 Å². The molecule has 1 aromatic carbocycles. The number of nitriles is 1. The second kappa shape index (κ2) is 9.85. The van der Waals surface area contributed by atoms with Crippen molar-refractivity contribution in [3.8, 4) is 17.3 Å². The maximum atomic E-state index is 13.0. The summed E-state index contributed by atoms with van der Waals surface area (Å²) in [6, 6.07) is 12.7. The fraction of sp³-hybridized carbons (Fsp3) is 0.261. The molecule has 0 saturated carbocycles. The maximum Gasteiger partial charge on any atom is 0.344 e. The topological polar surface area (TPSA) is 113 Å². The lowest BCUT2D eigenvalue weighted by Crippen LogP contribution is -2.37. The lowest BCUT2D eigenvalue weighted by atomic mass is 10.0. The van der Waals surface area contributed by atoms with Crippen LogP contribution < -0.4 is 10.2 Å². The van der Waals surface area contributed by atoms with Crippen LogP contribution in [-0.4, -0.2) is 53.8 Å². The molecule has 1 aliphatic rings. The molecule has 0 radical (unpaired) electrons. The number of nitrogens with one attached hydrogen (secondary N) is 1. The van der Waals surface area contributed by atoms with Gasteiger partial charge in [0.05, 0.1) is 37.1 Å². The van der Waals surface area contributed by atoms with Crippen molar-refractivity contribution in [3.63, 3.8) is 0 Å². The maximum absolute atomic E-state index is 13.0. The predicted molar refractivity (Wildman–Crippen MR) is 119 cm³/mol. The minimum Gasteiger partial charge on any atom is -0.462 e. The van der Waals surface area contributed by atoms with Crippen LogP contribution >= 0.6 is 0 Å². The Hall–Kier alpha value is -4.03. The number of anilines is 3. The Morgan fingerprint density at radius 3 is 2.72 bits per heavy atom. The molecule has 9 heteroatoms. The van der Waals surface area contributed by atoms with E-state index in [1.165, 1.54) is 0 Å². The van der Waals surface area contributed by atoms with Gasteiger partial charge in [-0.3, -0.25) is 4.98 Å². The molecule has 162 valence electrons. The first-order chi connectivity index (χ1) is 15.7. The zero-order valence-electron chi connectivity index (χ0n) is 17.6. The number of morpholine rings is 1. The molecule has 1 fully saturated rings. The molecular formula is C23H22N6O3. The number of carbonyl (C=O) groups is 1. The molecule has 0 unspecified atom stereocenters. The van der Waals surface area contributed by atoms with E-state index in [-0.39, 0.29) is 12.2 Å². The summed E-state index contributed by atoms with van der Waals surface area (Å²) < 4.78 is 10.8. The molecule has 1 saturated heterocycles. The van der Waals surface area contributed by atoms with Crippen molar-refractivity contribution in [2.24, 2.45) is 0 Å². The van der Waals surface area contributed by atoms with E-state index >= 15 is 0 Å². The number of rotatable bonds is 6. The van der Waals surface area contributed by atoms with Gasteiger partial charge in [0.1, 0.15) is 5.56 Å². The third-order valence-electron chi connectivity index (χ3n) is 4.88. The Labute approximate surface area is 185 Å². The summed E-state index contributed by atoms with van der Waals surface area (Å²) in [5.74, 6) is 0.244. The summed E-state index contributed by atoms with van der Waals surface area (Å²) in [6.07, 6.45) is 3.29. The fourth-order valence-electron chi connectivity index (χ4n) is 3.36. The number of aromatic nitrogens is 3. The molecule has 9 nitrogen and oxygen atoms in total. The molecule has 0 spiro atoms. The highest BCUT2D eigenvalue weighted by molar-refractivity contribution is 6.02. The van der Waals surface area contributed by atoms with Crippen LogP contribution in [0.25, 0.3) is 11.3 Å². The molecule has 0 amide bonds. The first kappa shape index (κ1) is 21.2. The van der Waals surface area contributed by atoms with E-state index < -0.39 is 5.97 Å². The van der Waals surface area contributed by atoms with Crippen molar-refractivity contribution in [1.82, 2.24) is 15.0 Å². The molecule has 2 aromatic heterocycles. The molecule has 0 bridgehead atoms. The predicted octanol–water partition coefficient (Wildman–Crippen LogP) is 3.17. The van der Waals surface area contributed by atoms with Crippen LogP contribution in [0.4, 0.5) is 17.5 Å². The summed E-state index contributed by atoms with van der Waals surface area (Å²) >= 11 is 0. The first-order valence-electron chi connectivity index (χ1n) is 10.3. The summed E-state index contributed by atoms with van der Waals surface area (Å²) in [6.45, 7) is 4.34. The van der Waals surface area contributed by atoms with Crippen LogP contribution in [0.5, 0.6) is 0 Å². The van der Waals surface area contributed by atoms with Crippen LogP contribution in [0, 0.1) is 11.3 Å². The molecule has 0 atom stereocenters. The van der Waals surface area contributed by atoms with Crippen LogP contribution in [0.3, 0.4) is 0 Å². The molecule has 3 heterocycles. The van der Waals surface area contributed by atoms with E-state index in [0.29, 0.717) is 60.6 Å². The van der Waals surface area contributed by atoms with Gasteiger partial charge in [0.2, 0.25) is 5.95 Å².